The summed E-state index contributed by atoms with van der Waals surface area (Å²) in [6.45, 7) is 8.70. The van der Waals surface area contributed by atoms with Crippen molar-refractivity contribution in [2.75, 3.05) is 59.5 Å². The summed E-state index contributed by atoms with van der Waals surface area (Å²) in [5.74, 6) is 1.43. The van der Waals surface area contributed by atoms with E-state index in [1.807, 2.05) is 12.1 Å². The standard InChI is InChI=1S/C23H39N3O3/c1-28-22-9-8-20(17-24-10-7-15-25-11-5-6-12-25)16-23(22)29-19-21(27)18-26-13-3-2-4-14-26/h8-9,16,21,24,27H,2-7,10-15,17-19H2,1H3/t21-/m1/s1. The van der Waals surface area contributed by atoms with Crippen molar-refractivity contribution in [1.29, 1.82) is 0 Å². The summed E-state index contributed by atoms with van der Waals surface area (Å²) in [6, 6.07) is 6.05. The number of rotatable bonds is 12. The van der Waals surface area contributed by atoms with Crippen LogP contribution in [0.5, 0.6) is 11.5 Å². The second-order valence-corrected chi connectivity index (χ2v) is 8.39. The van der Waals surface area contributed by atoms with Gasteiger partial charge in [0.2, 0.25) is 0 Å². The summed E-state index contributed by atoms with van der Waals surface area (Å²) in [7, 11) is 1.66. The highest BCUT2D eigenvalue weighted by molar-refractivity contribution is 5.43. The molecule has 0 aliphatic carbocycles. The van der Waals surface area contributed by atoms with Crippen LogP contribution in [0.15, 0.2) is 18.2 Å². The molecule has 2 heterocycles. The molecule has 0 saturated carbocycles. The highest BCUT2D eigenvalue weighted by Crippen LogP contribution is 2.28. The third-order valence-electron chi connectivity index (χ3n) is 5.93. The smallest absolute Gasteiger partial charge is 0.161 e. The minimum absolute atomic E-state index is 0.291. The number of aliphatic hydroxyl groups is 1. The number of hydrogen-bond acceptors (Lipinski definition) is 6. The largest absolute Gasteiger partial charge is 0.493 e. The molecule has 0 amide bonds. The Kier molecular flexibility index (Phi) is 9.54. The van der Waals surface area contributed by atoms with Crippen molar-refractivity contribution in [3.63, 3.8) is 0 Å². The number of nitrogens with zero attached hydrogens (tertiary/aromatic N) is 2. The van der Waals surface area contributed by atoms with Gasteiger partial charge in [-0.15, -0.1) is 0 Å². The molecule has 2 N–H and O–H groups in total. The van der Waals surface area contributed by atoms with Crippen LogP contribution in [0.3, 0.4) is 0 Å². The minimum atomic E-state index is -0.481. The molecule has 2 fully saturated rings. The van der Waals surface area contributed by atoms with E-state index in [9.17, 15) is 5.11 Å². The lowest BCUT2D eigenvalue weighted by molar-refractivity contribution is 0.0608. The maximum absolute atomic E-state index is 10.4. The van der Waals surface area contributed by atoms with E-state index in [4.69, 9.17) is 9.47 Å². The molecule has 0 aromatic heterocycles. The first-order valence-electron chi connectivity index (χ1n) is 11.4. The fourth-order valence-electron chi connectivity index (χ4n) is 4.29. The summed E-state index contributed by atoms with van der Waals surface area (Å²) < 4.78 is 11.4. The topological polar surface area (TPSA) is 57.2 Å². The van der Waals surface area contributed by atoms with Gasteiger partial charge in [0.05, 0.1) is 7.11 Å². The van der Waals surface area contributed by atoms with E-state index in [0.717, 1.165) is 26.2 Å². The molecule has 2 aliphatic heterocycles. The number of ether oxygens (including phenoxy) is 2. The van der Waals surface area contributed by atoms with Crippen LogP contribution in [0.25, 0.3) is 0 Å². The van der Waals surface area contributed by atoms with Gasteiger partial charge < -0.3 is 29.7 Å². The number of aliphatic hydroxyl groups excluding tert-OH is 1. The van der Waals surface area contributed by atoms with Gasteiger partial charge in [-0.3, -0.25) is 0 Å². The zero-order valence-corrected chi connectivity index (χ0v) is 18.1. The van der Waals surface area contributed by atoms with Crippen molar-refractivity contribution in [3.05, 3.63) is 23.8 Å². The van der Waals surface area contributed by atoms with Crippen LogP contribution in [-0.4, -0.2) is 80.5 Å². The molecular formula is C23H39N3O3. The third-order valence-corrected chi connectivity index (χ3v) is 5.93. The normalized spacial score (nSPS) is 19.4. The van der Waals surface area contributed by atoms with Crippen molar-refractivity contribution in [2.24, 2.45) is 0 Å². The predicted octanol–water partition coefficient (Wildman–Crippen LogP) is 2.50. The van der Waals surface area contributed by atoms with Gasteiger partial charge in [0.1, 0.15) is 12.7 Å². The van der Waals surface area contributed by atoms with E-state index in [-0.39, 0.29) is 0 Å². The molecule has 1 aromatic carbocycles. The lowest BCUT2D eigenvalue weighted by atomic mass is 10.1. The molecule has 6 heteroatoms. The third kappa shape index (κ3) is 7.78. The molecule has 0 unspecified atom stereocenters. The molecule has 0 radical (unpaired) electrons. The van der Waals surface area contributed by atoms with E-state index in [0.29, 0.717) is 24.7 Å². The summed E-state index contributed by atoms with van der Waals surface area (Å²) in [4.78, 5) is 4.88. The summed E-state index contributed by atoms with van der Waals surface area (Å²) >= 11 is 0. The predicted molar refractivity (Wildman–Crippen MR) is 117 cm³/mol. The number of likely N-dealkylation sites (tertiary alicyclic amines) is 2. The number of hydrogen-bond donors (Lipinski definition) is 2. The molecule has 2 saturated heterocycles. The van der Waals surface area contributed by atoms with Crippen LogP contribution < -0.4 is 14.8 Å². The Labute approximate surface area is 176 Å². The van der Waals surface area contributed by atoms with Gasteiger partial charge in [0.25, 0.3) is 0 Å². The van der Waals surface area contributed by atoms with Crippen LogP contribution in [0.2, 0.25) is 0 Å². The SMILES string of the molecule is COc1ccc(CNCCCN2CCCC2)cc1OC[C@H](O)CN1CCCCC1. The quantitative estimate of drug-likeness (QED) is 0.521. The number of benzene rings is 1. The highest BCUT2D eigenvalue weighted by atomic mass is 16.5. The molecule has 0 bridgehead atoms. The van der Waals surface area contributed by atoms with Crippen molar-refractivity contribution in [1.82, 2.24) is 15.1 Å². The molecule has 3 rings (SSSR count). The van der Waals surface area contributed by atoms with Gasteiger partial charge in [-0.05, 0) is 89.1 Å². The van der Waals surface area contributed by atoms with Gasteiger partial charge in [0, 0.05) is 13.1 Å². The summed E-state index contributed by atoms with van der Waals surface area (Å²) in [5.41, 5.74) is 1.17. The maximum Gasteiger partial charge on any atom is 0.161 e. The monoisotopic (exact) mass is 405 g/mol. The van der Waals surface area contributed by atoms with Crippen molar-refractivity contribution >= 4 is 0 Å². The molecule has 29 heavy (non-hydrogen) atoms. The Balaban J connectivity index is 1.40. The number of methoxy groups -OCH3 is 1. The molecule has 164 valence electrons. The lowest BCUT2D eigenvalue weighted by Gasteiger charge is -2.28. The first-order chi connectivity index (χ1) is 14.2. The lowest BCUT2D eigenvalue weighted by Crippen LogP contribution is -2.38. The fourth-order valence-corrected chi connectivity index (χ4v) is 4.29. The van der Waals surface area contributed by atoms with Crippen LogP contribution in [-0.2, 0) is 6.54 Å². The fraction of sp³-hybridized carbons (Fsp3) is 0.739. The first-order valence-corrected chi connectivity index (χ1v) is 11.4. The van der Waals surface area contributed by atoms with E-state index in [1.54, 1.807) is 7.11 Å². The average Bonchev–Trinajstić information content (AvgIpc) is 3.26. The Morgan fingerprint density at radius 3 is 2.48 bits per heavy atom. The molecule has 6 nitrogen and oxygen atoms in total. The Bertz CT molecular complexity index is 587. The molecule has 1 atom stereocenters. The van der Waals surface area contributed by atoms with E-state index in [2.05, 4.69) is 21.2 Å². The minimum Gasteiger partial charge on any atom is -0.493 e. The van der Waals surface area contributed by atoms with Gasteiger partial charge >= 0.3 is 0 Å². The second-order valence-electron chi connectivity index (χ2n) is 8.39. The second kappa shape index (κ2) is 12.4. The molecule has 2 aliphatic rings. The highest BCUT2D eigenvalue weighted by Gasteiger charge is 2.16. The number of nitrogens with one attached hydrogen (secondary N) is 1. The zero-order valence-electron chi connectivity index (χ0n) is 18.1. The molecule has 1 aromatic rings. The Morgan fingerprint density at radius 1 is 1.00 bits per heavy atom. The van der Waals surface area contributed by atoms with Crippen LogP contribution in [0.4, 0.5) is 0 Å². The van der Waals surface area contributed by atoms with Gasteiger partial charge in [-0.1, -0.05) is 12.5 Å². The van der Waals surface area contributed by atoms with Crippen LogP contribution in [0, 0.1) is 0 Å². The average molecular weight is 406 g/mol. The summed E-state index contributed by atoms with van der Waals surface area (Å²) in [6.07, 6.45) is 7.18. The van der Waals surface area contributed by atoms with E-state index in [1.165, 1.54) is 63.7 Å². The Morgan fingerprint density at radius 2 is 1.72 bits per heavy atom. The van der Waals surface area contributed by atoms with Crippen molar-refractivity contribution in [3.8, 4) is 11.5 Å². The number of piperidine rings is 1. The Hall–Kier alpha value is -1.34. The van der Waals surface area contributed by atoms with E-state index >= 15 is 0 Å². The molecule has 0 spiro atoms. The van der Waals surface area contributed by atoms with Gasteiger partial charge in [-0.2, -0.15) is 0 Å². The van der Waals surface area contributed by atoms with Crippen LogP contribution >= 0.6 is 0 Å². The number of β-amino-alcohol motifs (C(OH)–C–C–N with tert-alkyl or cyclic N) is 1. The van der Waals surface area contributed by atoms with Gasteiger partial charge in [0.15, 0.2) is 11.5 Å². The van der Waals surface area contributed by atoms with Gasteiger partial charge in [-0.25, -0.2) is 0 Å². The maximum atomic E-state index is 10.4. The van der Waals surface area contributed by atoms with Crippen molar-refractivity contribution < 1.29 is 14.6 Å². The van der Waals surface area contributed by atoms with Crippen LogP contribution in [0.1, 0.15) is 44.1 Å². The summed E-state index contributed by atoms with van der Waals surface area (Å²) in [5, 5.41) is 13.9. The first kappa shape index (κ1) is 22.3. The molecular weight excluding hydrogens is 366 g/mol. The zero-order chi connectivity index (χ0) is 20.3. The van der Waals surface area contributed by atoms with Crippen molar-refractivity contribution in [2.45, 2.75) is 51.2 Å². The van der Waals surface area contributed by atoms with E-state index < -0.39 is 6.10 Å².